The summed E-state index contributed by atoms with van der Waals surface area (Å²) in [6.45, 7) is 4.80. The van der Waals surface area contributed by atoms with E-state index >= 15 is 0 Å². The molecular weight excluding hydrogens is 639 g/mol. The van der Waals surface area contributed by atoms with Crippen LogP contribution in [-0.2, 0) is 10.8 Å². The van der Waals surface area contributed by atoms with Gasteiger partial charge in [0.2, 0.25) is 0 Å². The van der Waals surface area contributed by atoms with Crippen LogP contribution in [0, 0.1) is 0 Å². The number of allylic oxidation sites excluding steroid dienone is 11. The maximum absolute atomic E-state index is 2.64. The summed E-state index contributed by atoms with van der Waals surface area (Å²) in [6.07, 6.45) is 20.9. The largest absolute Gasteiger partial charge is 0.315 e. The van der Waals surface area contributed by atoms with Crippen molar-refractivity contribution in [1.29, 1.82) is 0 Å². The second-order valence-electron chi connectivity index (χ2n) is 16.1. The number of nitrogens with zero attached hydrogens (tertiary/aromatic N) is 1. The molecule has 0 fully saturated rings. The second kappa shape index (κ2) is 11.4. The van der Waals surface area contributed by atoms with Crippen molar-refractivity contribution in [2.24, 2.45) is 0 Å². The summed E-state index contributed by atoms with van der Waals surface area (Å²) < 4.78 is 0. The average Bonchev–Trinajstić information content (AvgIpc) is 3.77. The van der Waals surface area contributed by atoms with Gasteiger partial charge >= 0.3 is 0 Å². The first-order valence-corrected chi connectivity index (χ1v) is 19.6. The Morgan fingerprint density at radius 3 is 1.83 bits per heavy atom. The van der Waals surface area contributed by atoms with Crippen LogP contribution in [0.1, 0.15) is 85.8 Å². The Labute approximate surface area is 313 Å². The van der Waals surface area contributed by atoms with Gasteiger partial charge in [-0.3, -0.25) is 0 Å². The fourth-order valence-electron chi connectivity index (χ4n) is 10.8. The van der Waals surface area contributed by atoms with E-state index in [1.54, 1.807) is 0 Å². The highest BCUT2D eigenvalue weighted by atomic mass is 15.2. The van der Waals surface area contributed by atoms with Gasteiger partial charge in [0.15, 0.2) is 0 Å². The van der Waals surface area contributed by atoms with Crippen LogP contribution in [-0.4, -0.2) is 0 Å². The molecule has 1 spiro atoms. The maximum Gasteiger partial charge on any atom is 0.0722 e. The number of anilines is 1. The summed E-state index contributed by atoms with van der Waals surface area (Å²) in [7, 11) is 0. The van der Waals surface area contributed by atoms with Crippen LogP contribution in [0.5, 0.6) is 0 Å². The normalized spacial score (nSPS) is 19.3. The lowest BCUT2D eigenvalue weighted by atomic mass is 9.69. The van der Waals surface area contributed by atoms with E-state index in [1.807, 2.05) is 0 Å². The third kappa shape index (κ3) is 4.25. The van der Waals surface area contributed by atoms with Crippen LogP contribution in [0.2, 0.25) is 0 Å². The van der Waals surface area contributed by atoms with E-state index in [-0.39, 0.29) is 10.8 Å². The molecular formula is C52H43N. The minimum atomic E-state index is -0.334. The molecule has 0 atom stereocenters. The van der Waals surface area contributed by atoms with Crippen molar-refractivity contribution in [2.75, 3.05) is 4.90 Å². The number of rotatable bonds is 4. The molecule has 0 saturated carbocycles. The summed E-state index contributed by atoms with van der Waals surface area (Å²) in [4.78, 5) is 2.64. The van der Waals surface area contributed by atoms with E-state index in [9.17, 15) is 0 Å². The molecule has 5 aromatic rings. The first-order chi connectivity index (χ1) is 26.0. The lowest BCUT2D eigenvalue weighted by Gasteiger charge is -2.37. The van der Waals surface area contributed by atoms with Crippen molar-refractivity contribution in [3.05, 3.63) is 213 Å². The molecule has 0 heterocycles. The van der Waals surface area contributed by atoms with Gasteiger partial charge in [0.05, 0.1) is 5.41 Å². The minimum absolute atomic E-state index is 0.0696. The average molecular weight is 682 g/mol. The molecule has 256 valence electrons. The van der Waals surface area contributed by atoms with Crippen molar-refractivity contribution >= 4 is 11.3 Å². The van der Waals surface area contributed by atoms with Gasteiger partial charge in [-0.1, -0.05) is 141 Å². The van der Waals surface area contributed by atoms with E-state index in [1.165, 1.54) is 95.0 Å². The van der Waals surface area contributed by atoms with Crippen molar-refractivity contribution in [3.8, 4) is 22.3 Å². The maximum atomic E-state index is 2.64. The Kier molecular flexibility index (Phi) is 6.66. The van der Waals surface area contributed by atoms with Gasteiger partial charge in [0.25, 0.3) is 0 Å². The fourth-order valence-corrected chi connectivity index (χ4v) is 10.8. The fraction of sp³-hybridized carbons (Fsp3) is 0.192. The molecule has 0 unspecified atom stereocenters. The van der Waals surface area contributed by atoms with Gasteiger partial charge in [-0.2, -0.15) is 0 Å². The van der Waals surface area contributed by atoms with Gasteiger partial charge in [-0.25, -0.2) is 0 Å². The molecule has 1 nitrogen and oxygen atoms in total. The Hall–Kier alpha value is -5.66. The molecule has 6 aliphatic carbocycles. The highest BCUT2D eigenvalue weighted by Crippen LogP contribution is 2.64. The zero-order chi connectivity index (χ0) is 35.3. The van der Waals surface area contributed by atoms with E-state index in [0.717, 1.165) is 38.5 Å². The van der Waals surface area contributed by atoms with Crippen molar-refractivity contribution in [1.82, 2.24) is 0 Å². The Balaban J connectivity index is 1.13. The van der Waals surface area contributed by atoms with E-state index in [0.29, 0.717) is 0 Å². The standard InChI is InChI=1S/C52H43N/c1-51(2)45-23-10-6-19-39(45)43-29-27-37(32-49(43)51)53(36-18-14-17-35(31-36)34-15-4-3-5-16-34)38-28-30-44-42-22-9-13-26-48(42)52(50(44)33-38)46-24-11-7-20-40(46)41-21-8-12-25-47(41)52/h3-4,6-13,15,18-27,29,31-33H,5,14,16-17,28,30H2,1-2H3. The quantitative estimate of drug-likeness (QED) is 0.182. The number of hydrogen-bond acceptors (Lipinski definition) is 1. The molecule has 53 heavy (non-hydrogen) atoms. The molecule has 0 aromatic heterocycles. The van der Waals surface area contributed by atoms with Crippen LogP contribution in [0.4, 0.5) is 5.69 Å². The minimum Gasteiger partial charge on any atom is -0.315 e. The molecule has 6 aliphatic rings. The van der Waals surface area contributed by atoms with Crippen LogP contribution < -0.4 is 4.90 Å². The molecule has 11 rings (SSSR count). The van der Waals surface area contributed by atoms with Crippen LogP contribution in [0.25, 0.3) is 27.8 Å². The van der Waals surface area contributed by atoms with Crippen LogP contribution >= 0.6 is 0 Å². The van der Waals surface area contributed by atoms with Crippen LogP contribution in [0.3, 0.4) is 0 Å². The smallest absolute Gasteiger partial charge is 0.0722 e. The summed E-state index contributed by atoms with van der Waals surface area (Å²) in [5, 5.41) is 0. The van der Waals surface area contributed by atoms with Crippen LogP contribution in [0.15, 0.2) is 180 Å². The molecule has 1 heteroatoms. The number of hydrogen-bond donors (Lipinski definition) is 0. The molecule has 0 saturated heterocycles. The van der Waals surface area contributed by atoms with Gasteiger partial charge in [-0.05, 0) is 141 Å². The molecule has 0 aliphatic heterocycles. The van der Waals surface area contributed by atoms with Crippen molar-refractivity contribution < 1.29 is 0 Å². The lowest BCUT2D eigenvalue weighted by molar-refractivity contribution is 0.660. The predicted molar refractivity (Wildman–Crippen MR) is 221 cm³/mol. The monoisotopic (exact) mass is 681 g/mol. The summed E-state index contributed by atoms with van der Waals surface area (Å²) in [5.41, 5.74) is 23.5. The Morgan fingerprint density at radius 1 is 0.528 bits per heavy atom. The van der Waals surface area contributed by atoms with Crippen molar-refractivity contribution in [3.63, 3.8) is 0 Å². The van der Waals surface area contributed by atoms with E-state index in [4.69, 9.17) is 0 Å². The third-order valence-corrected chi connectivity index (χ3v) is 13.2. The van der Waals surface area contributed by atoms with E-state index < -0.39 is 0 Å². The van der Waals surface area contributed by atoms with E-state index in [2.05, 4.69) is 170 Å². The molecule has 0 amide bonds. The highest BCUT2D eigenvalue weighted by Gasteiger charge is 2.53. The summed E-state index contributed by atoms with van der Waals surface area (Å²) in [6, 6.07) is 44.0. The topological polar surface area (TPSA) is 3.24 Å². The third-order valence-electron chi connectivity index (χ3n) is 13.2. The molecule has 0 radical (unpaired) electrons. The molecule has 5 aromatic carbocycles. The first kappa shape index (κ1) is 30.9. The number of fused-ring (bicyclic) bond motifs is 12. The lowest BCUT2D eigenvalue weighted by Crippen LogP contribution is -2.29. The SMILES string of the molecule is CC1(C)c2ccccc2-c2ccc(N(C3=CCCC(C4=CC=CCC4)=C3)C3=CC4=C(CC3)c3ccccc3C43c4ccccc4-c4ccccc43)cc21. The zero-order valence-electron chi connectivity index (χ0n) is 30.6. The Bertz CT molecular complexity index is 2550. The highest BCUT2D eigenvalue weighted by molar-refractivity contribution is 5.96. The zero-order valence-corrected chi connectivity index (χ0v) is 30.6. The Morgan fingerprint density at radius 2 is 1.13 bits per heavy atom. The second-order valence-corrected chi connectivity index (χ2v) is 16.1. The predicted octanol–water partition coefficient (Wildman–Crippen LogP) is 13.1. The van der Waals surface area contributed by atoms with Gasteiger partial charge in [0, 0.05) is 22.5 Å². The number of benzene rings is 5. The summed E-state index contributed by atoms with van der Waals surface area (Å²) in [5.74, 6) is 0. The first-order valence-electron chi connectivity index (χ1n) is 19.6. The van der Waals surface area contributed by atoms with Gasteiger partial charge < -0.3 is 4.90 Å². The van der Waals surface area contributed by atoms with Crippen molar-refractivity contribution in [2.45, 2.75) is 63.2 Å². The van der Waals surface area contributed by atoms with Gasteiger partial charge in [0.1, 0.15) is 0 Å². The molecule has 0 N–H and O–H groups in total. The molecule has 0 bridgehead atoms. The summed E-state index contributed by atoms with van der Waals surface area (Å²) >= 11 is 0. The van der Waals surface area contributed by atoms with Gasteiger partial charge in [-0.15, -0.1) is 0 Å².